The second-order valence-electron chi connectivity index (χ2n) is 6.46. The van der Waals surface area contributed by atoms with Gasteiger partial charge in [0.2, 0.25) is 0 Å². The van der Waals surface area contributed by atoms with E-state index < -0.39 is 0 Å². The molecular formula is C16H24N2O2. The van der Waals surface area contributed by atoms with Crippen LogP contribution in [0.25, 0.3) is 0 Å². The molecule has 110 valence electrons. The van der Waals surface area contributed by atoms with Crippen molar-refractivity contribution in [3.63, 3.8) is 0 Å². The molecule has 4 heteroatoms. The van der Waals surface area contributed by atoms with Gasteiger partial charge in [0, 0.05) is 6.04 Å². The highest BCUT2D eigenvalue weighted by Crippen LogP contribution is 2.31. The van der Waals surface area contributed by atoms with Gasteiger partial charge in [0.05, 0.1) is 0 Å². The molecule has 0 bridgehead atoms. The number of carbonyl (C=O) groups excluding carboxylic acids is 1. The molecule has 1 aromatic rings. The van der Waals surface area contributed by atoms with Crippen molar-refractivity contribution in [3.05, 3.63) is 29.3 Å². The van der Waals surface area contributed by atoms with E-state index in [1.807, 2.05) is 12.1 Å². The minimum atomic E-state index is -0.156. The Balaban J connectivity index is 1.93. The van der Waals surface area contributed by atoms with Crippen molar-refractivity contribution >= 4 is 6.03 Å². The fourth-order valence-electron chi connectivity index (χ4n) is 2.00. The second kappa shape index (κ2) is 5.73. The van der Waals surface area contributed by atoms with E-state index in [2.05, 4.69) is 44.4 Å². The van der Waals surface area contributed by atoms with Crippen molar-refractivity contribution < 1.29 is 9.53 Å². The molecule has 0 unspecified atom stereocenters. The number of urea groups is 1. The highest BCUT2D eigenvalue weighted by molar-refractivity contribution is 5.74. The molecule has 0 heterocycles. The maximum absolute atomic E-state index is 11.5. The maximum atomic E-state index is 11.5. The van der Waals surface area contributed by atoms with Crippen molar-refractivity contribution in [2.75, 3.05) is 6.73 Å². The lowest BCUT2D eigenvalue weighted by Crippen LogP contribution is -2.38. The summed E-state index contributed by atoms with van der Waals surface area (Å²) in [6.07, 6.45) is 2.17. The third kappa shape index (κ3) is 4.15. The number of amides is 2. The van der Waals surface area contributed by atoms with Crippen molar-refractivity contribution in [3.8, 4) is 5.75 Å². The standard InChI is InChI=1S/C16H24N2O2/c1-11-5-8-14(13(9-11)16(2,3)4)20-10-17-15(19)18-12-6-7-12/h5,8-9,12H,6-7,10H2,1-4H3,(H2,17,18,19). The zero-order chi connectivity index (χ0) is 14.8. The number of nitrogens with one attached hydrogen (secondary N) is 2. The molecule has 4 nitrogen and oxygen atoms in total. The Morgan fingerprint density at radius 3 is 2.65 bits per heavy atom. The van der Waals surface area contributed by atoms with Crippen LogP contribution in [0, 0.1) is 6.92 Å². The Bertz CT molecular complexity index is 488. The molecule has 1 aromatic carbocycles. The SMILES string of the molecule is Cc1ccc(OCNC(=O)NC2CC2)c(C(C)(C)C)c1. The van der Waals surface area contributed by atoms with Crippen molar-refractivity contribution in [1.82, 2.24) is 10.6 Å². The van der Waals surface area contributed by atoms with Crippen LogP contribution in [0.2, 0.25) is 0 Å². The van der Waals surface area contributed by atoms with Crippen molar-refractivity contribution in [2.24, 2.45) is 0 Å². The summed E-state index contributed by atoms with van der Waals surface area (Å²) in [4.78, 5) is 11.5. The molecule has 0 saturated heterocycles. The minimum absolute atomic E-state index is 0.0115. The van der Waals surface area contributed by atoms with Gasteiger partial charge in [0.1, 0.15) is 5.75 Å². The molecule has 20 heavy (non-hydrogen) atoms. The molecule has 1 fully saturated rings. The van der Waals surface area contributed by atoms with Crippen LogP contribution < -0.4 is 15.4 Å². The minimum Gasteiger partial charge on any atom is -0.473 e. The fourth-order valence-corrected chi connectivity index (χ4v) is 2.00. The first kappa shape index (κ1) is 14.7. The van der Waals surface area contributed by atoms with Crippen LogP contribution in [0.1, 0.15) is 44.7 Å². The predicted octanol–water partition coefficient (Wildman–Crippen LogP) is 3.09. The van der Waals surface area contributed by atoms with Gasteiger partial charge >= 0.3 is 6.03 Å². The molecule has 2 rings (SSSR count). The van der Waals surface area contributed by atoms with E-state index in [9.17, 15) is 4.79 Å². The van der Waals surface area contributed by atoms with Crippen LogP contribution in [0.4, 0.5) is 4.79 Å². The molecule has 0 radical (unpaired) electrons. The smallest absolute Gasteiger partial charge is 0.317 e. The van der Waals surface area contributed by atoms with Crippen LogP contribution in [0.3, 0.4) is 0 Å². The van der Waals surface area contributed by atoms with Gasteiger partial charge in [-0.2, -0.15) is 0 Å². The van der Waals surface area contributed by atoms with Crippen LogP contribution in [-0.4, -0.2) is 18.8 Å². The number of hydrogen-bond acceptors (Lipinski definition) is 2. The summed E-state index contributed by atoms with van der Waals surface area (Å²) >= 11 is 0. The van der Waals surface area contributed by atoms with Gasteiger partial charge in [-0.1, -0.05) is 38.5 Å². The molecule has 0 aromatic heterocycles. The molecule has 0 spiro atoms. The number of aryl methyl sites for hydroxylation is 1. The zero-order valence-electron chi connectivity index (χ0n) is 12.7. The van der Waals surface area contributed by atoms with E-state index in [1.54, 1.807) is 0 Å². The highest BCUT2D eigenvalue weighted by atomic mass is 16.5. The summed E-state index contributed by atoms with van der Waals surface area (Å²) in [7, 11) is 0. The van der Waals surface area contributed by atoms with E-state index in [0.717, 1.165) is 24.2 Å². The van der Waals surface area contributed by atoms with Gasteiger partial charge in [-0.15, -0.1) is 0 Å². The van der Waals surface area contributed by atoms with Gasteiger partial charge in [-0.3, -0.25) is 0 Å². The van der Waals surface area contributed by atoms with Crippen LogP contribution >= 0.6 is 0 Å². The average molecular weight is 276 g/mol. The van der Waals surface area contributed by atoms with Crippen molar-refractivity contribution in [2.45, 2.75) is 52.0 Å². The zero-order valence-corrected chi connectivity index (χ0v) is 12.7. The van der Waals surface area contributed by atoms with Gasteiger partial charge in [0.15, 0.2) is 6.73 Å². The number of hydrogen-bond donors (Lipinski definition) is 2. The van der Waals surface area contributed by atoms with Crippen LogP contribution in [0.5, 0.6) is 5.75 Å². The normalized spacial score (nSPS) is 14.8. The third-order valence-corrected chi connectivity index (χ3v) is 3.32. The molecule has 0 aliphatic heterocycles. The third-order valence-electron chi connectivity index (χ3n) is 3.32. The lowest BCUT2D eigenvalue weighted by Gasteiger charge is -2.23. The number of carbonyl (C=O) groups is 1. The number of benzene rings is 1. The Hall–Kier alpha value is -1.71. The first-order valence-electron chi connectivity index (χ1n) is 7.14. The number of ether oxygens (including phenoxy) is 1. The number of rotatable bonds is 4. The first-order chi connectivity index (χ1) is 9.36. The highest BCUT2D eigenvalue weighted by Gasteiger charge is 2.23. The van der Waals surface area contributed by atoms with E-state index in [1.165, 1.54) is 5.56 Å². The summed E-state index contributed by atoms with van der Waals surface area (Å²) in [5.74, 6) is 0.829. The Morgan fingerprint density at radius 1 is 1.35 bits per heavy atom. The van der Waals surface area contributed by atoms with E-state index >= 15 is 0 Å². The van der Waals surface area contributed by atoms with Gasteiger partial charge in [-0.25, -0.2) is 4.79 Å². The Labute approximate surface area is 120 Å². The lowest BCUT2D eigenvalue weighted by atomic mass is 9.85. The van der Waals surface area contributed by atoms with E-state index in [0.29, 0.717) is 6.04 Å². The average Bonchev–Trinajstić information content (AvgIpc) is 3.13. The Kier molecular flexibility index (Phi) is 4.21. The summed E-state index contributed by atoms with van der Waals surface area (Å²) in [6, 6.07) is 6.33. The summed E-state index contributed by atoms with van der Waals surface area (Å²) in [6.45, 7) is 8.72. The molecular weight excluding hydrogens is 252 g/mol. The van der Waals surface area contributed by atoms with Crippen LogP contribution in [-0.2, 0) is 5.41 Å². The van der Waals surface area contributed by atoms with Crippen molar-refractivity contribution in [1.29, 1.82) is 0 Å². The molecule has 2 amide bonds. The summed E-state index contributed by atoms with van der Waals surface area (Å²) < 4.78 is 5.72. The van der Waals surface area contributed by atoms with Gasteiger partial charge in [-0.05, 0) is 36.8 Å². The molecule has 1 aliphatic carbocycles. The van der Waals surface area contributed by atoms with E-state index in [-0.39, 0.29) is 18.2 Å². The molecule has 1 aliphatic rings. The largest absolute Gasteiger partial charge is 0.473 e. The summed E-state index contributed by atoms with van der Waals surface area (Å²) in [5, 5.41) is 5.59. The predicted molar refractivity (Wildman–Crippen MR) is 80.1 cm³/mol. The first-order valence-corrected chi connectivity index (χ1v) is 7.14. The quantitative estimate of drug-likeness (QED) is 0.830. The van der Waals surface area contributed by atoms with Crippen LogP contribution in [0.15, 0.2) is 18.2 Å². The summed E-state index contributed by atoms with van der Waals surface area (Å²) in [5.41, 5.74) is 2.38. The topological polar surface area (TPSA) is 50.4 Å². The molecule has 1 saturated carbocycles. The van der Waals surface area contributed by atoms with E-state index in [4.69, 9.17) is 4.74 Å². The fraction of sp³-hybridized carbons (Fsp3) is 0.562. The second-order valence-corrected chi connectivity index (χ2v) is 6.46. The monoisotopic (exact) mass is 276 g/mol. The molecule has 2 N–H and O–H groups in total. The molecule has 0 atom stereocenters. The van der Waals surface area contributed by atoms with Gasteiger partial charge in [0.25, 0.3) is 0 Å². The Morgan fingerprint density at radius 2 is 2.05 bits per heavy atom. The lowest BCUT2D eigenvalue weighted by molar-refractivity contribution is 0.222. The van der Waals surface area contributed by atoms with Gasteiger partial charge < -0.3 is 15.4 Å². The maximum Gasteiger partial charge on any atom is 0.317 e.